The van der Waals surface area contributed by atoms with E-state index in [4.69, 9.17) is 0 Å². The number of benzene rings is 1. The van der Waals surface area contributed by atoms with Crippen molar-refractivity contribution in [3.8, 4) is 0 Å². The van der Waals surface area contributed by atoms with Crippen molar-refractivity contribution >= 4 is 24.1 Å². The van der Waals surface area contributed by atoms with Gasteiger partial charge in [-0.05, 0) is 43.7 Å². The molecule has 0 atom stereocenters. The molecule has 2 rings (SSSR count). The van der Waals surface area contributed by atoms with Crippen LogP contribution in [0.3, 0.4) is 0 Å². The highest BCUT2D eigenvalue weighted by Gasteiger charge is 2.47. The van der Waals surface area contributed by atoms with Crippen LogP contribution >= 0.6 is 0 Å². The molecule has 186 valence electrons. The number of rotatable bonds is 13. The van der Waals surface area contributed by atoms with Gasteiger partial charge in [-0.3, -0.25) is 0 Å². The molecule has 0 radical (unpaired) electrons. The molecule has 1 fully saturated rings. The Hall–Kier alpha value is -1.50. The van der Waals surface area contributed by atoms with E-state index in [2.05, 4.69) is 11.7 Å². The molecule has 0 aromatic heterocycles. The average molecular weight is 497 g/mol. The second-order valence-corrected chi connectivity index (χ2v) is 13.6. The van der Waals surface area contributed by atoms with Gasteiger partial charge in [0.1, 0.15) is 0 Å². The molecule has 0 heterocycles. The molecule has 1 aliphatic carbocycles. The summed E-state index contributed by atoms with van der Waals surface area (Å²) < 4.78 is 50.4. The summed E-state index contributed by atoms with van der Waals surface area (Å²) >= 11 is 0. The first-order valence-electron chi connectivity index (χ1n) is 12.6. The fourth-order valence-electron chi connectivity index (χ4n) is 4.76. The zero-order valence-corrected chi connectivity index (χ0v) is 21.6. The molecule has 0 N–H and O–H groups in total. The van der Waals surface area contributed by atoms with E-state index in [1.807, 2.05) is 0 Å². The lowest BCUT2D eigenvalue weighted by molar-refractivity contribution is 0.00368. The van der Waals surface area contributed by atoms with Crippen molar-refractivity contribution in [2.24, 2.45) is 5.92 Å². The molecule has 0 amide bonds. The van der Waals surface area contributed by atoms with Crippen LogP contribution in [0.2, 0.25) is 0 Å². The van der Waals surface area contributed by atoms with Crippen LogP contribution in [0.4, 0.5) is 0 Å². The first kappa shape index (κ1) is 27.7. The Kier molecular flexibility index (Phi) is 11.8. The SMILES string of the molecule is CCCCCCCCCCCCC1CCC(S(=O)(=O)C(=[N+]=[N-])S(=O)(=O)c2ccccc2)CC1. The summed E-state index contributed by atoms with van der Waals surface area (Å²) in [5.74, 6) is 0.491. The van der Waals surface area contributed by atoms with Crippen molar-refractivity contribution in [3.63, 3.8) is 0 Å². The lowest BCUT2D eigenvalue weighted by Crippen LogP contribution is -2.36. The van der Waals surface area contributed by atoms with E-state index < -0.39 is 29.3 Å². The standard InChI is InChI=1S/C25H40N2O4S2/c1-2-3-4-5-6-7-8-9-10-12-15-22-18-20-24(21-19-22)33(30,31)25(27-26)32(28,29)23-16-13-11-14-17-23/h11,13-14,16-17,22,24H,2-10,12,15,18-21H2,1H3. The van der Waals surface area contributed by atoms with Crippen molar-refractivity contribution in [1.82, 2.24) is 0 Å². The molecule has 0 saturated heterocycles. The smallest absolute Gasteiger partial charge is 0.359 e. The summed E-state index contributed by atoms with van der Waals surface area (Å²) in [6, 6.07) is 7.26. The molecule has 0 aliphatic heterocycles. The van der Waals surface area contributed by atoms with Crippen molar-refractivity contribution in [3.05, 3.63) is 35.9 Å². The minimum Gasteiger partial charge on any atom is -0.359 e. The van der Waals surface area contributed by atoms with Crippen LogP contribution in [0, 0.1) is 5.92 Å². The van der Waals surface area contributed by atoms with Gasteiger partial charge in [0.25, 0.3) is 19.7 Å². The van der Waals surface area contributed by atoms with E-state index >= 15 is 0 Å². The summed E-state index contributed by atoms with van der Waals surface area (Å²) in [6.07, 6.45) is 16.5. The lowest BCUT2D eigenvalue weighted by atomic mass is 9.85. The monoisotopic (exact) mass is 496 g/mol. The lowest BCUT2D eigenvalue weighted by Gasteiger charge is -2.27. The van der Waals surface area contributed by atoms with Gasteiger partial charge in [-0.25, -0.2) is 16.8 Å². The molecular formula is C25H40N2O4S2. The van der Waals surface area contributed by atoms with Gasteiger partial charge >= 0.3 is 4.38 Å². The average Bonchev–Trinajstić information content (AvgIpc) is 2.81. The summed E-state index contributed by atoms with van der Waals surface area (Å²) in [4.78, 5) is 2.56. The molecule has 6 nitrogen and oxygen atoms in total. The molecular weight excluding hydrogens is 456 g/mol. The fourth-order valence-corrected chi connectivity index (χ4v) is 8.79. The molecule has 0 unspecified atom stereocenters. The van der Waals surface area contributed by atoms with Gasteiger partial charge in [-0.2, -0.15) is 0 Å². The highest BCUT2D eigenvalue weighted by Crippen LogP contribution is 2.33. The van der Waals surface area contributed by atoms with Gasteiger partial charge < -0.3 is 5.53 Å². The van der Waals surface area contributed by atoms with Crippen LogP contribution in [0.25, 0.3) is 5.53 Å². The zero-order valence-electron chi connectivity index (χ0n) is 20.0. The van der Waals surface area contributed by atoms with Crippen LogP contribution in [-0.4, -0.2) is 31.3 Å². The minimum atomic E-state index is -4.39. The summed E-state index contributed by atoms with van der Waals surface area (Å²) in [7, 11) is -8.63. The maximum Gasteiger partial charge on any atom is 0.499 e. The topological polar surface area (TPSA) is 105 Å². The van der Waals surface area contributed by atoms with Crippen molar-refractivity contribution < 1.29 is 21.6 Å². The summed E-state index contributed by atoms with van der Waals surface area (Å²) in [5.41, 5.74) is 9.33. The van der Waals surface area contributed by atoms with E-state index in [0.717, 1.165) is 19.3 Å². The van der Waals surface area contributed by atoms with E-state index in [0.29, 0.717) is 18.8 Å². The van der Waals surface area contributed by atoms with Crippen LogP contribution < -0.4 is 0 Å². The third-order valence-electron chi connectivity index (χ3n) is 6.81. The number of hydrogen-bond acceptors (Lipinski definition) is 4. The van der Waals surface area contributed by atoms with Crippen molar-refractivity contribution in [2.75, 3.05) is 0 Å². The Balaban J connectivity index is 1.75. The maximum atomic E-state index is 13.0. The van der Waals surface area contributed by atoms with Gasteiger partial charge in [0.2, 0.25) is 0 Å². The Morgan fingerprint density at radius 3 is 1.85 bits per heavy atom. The molecule has 1 aromatic rings. The Bertz CT molecular complexity index is 961. The molecule has 1 saturated carbocycles. The number of sulfone groups is 2. The van der Waals surface area contributed by atoms with Crippen LogP contribution in [0.15, 0.2) is 35.2 Å². The van der Waals surface area contributed by atoms with E-state index in [9.17, 15) is 22.4 Å². The quantitative estimate of drug-likeness (QED) is 0.105. The third kappa shape index (κ3) is 8.34. The number of nitrogens with zero attached hydrogens (tertiary/aromatic N) is 2. The van der Waals surface area contributed by atoms with Gasteiger partial charge in [-0.1, -0.05) is 95.8 Å². The number of unbranched alkanes of at least 4 members (excludes halogenated alkanes) is 9. The molecule has 1 aromatic carbocycles. The Morgan fingerprint density at radius 2 is 1.33 bits per heavy atom. The minimum absolute atomic E-state index is 0.184. The first-order chi connectivity index (χ1) is 15.8. The van der Waals surface area contributed by atoms with Crippen LogP contribution in [0.1, 0.15) is 103 Å². The van der Waals surface area contributed by atoms with E-state index in [1.165, 1.54) is 88.5 Å². The largest absolute Gasteiger partial charge is 0.499 e. The first-order valence-corrected chi connectivity index (χ1v) is 15.6. The second-order valence-electron chi connectivity index (χ2n) is 9.34. The van der Waals surface area contributed by atoms with E-state index in [-0.39, 0.29) is 4.90 Å². The maximum absolute atomic E-state index is 13.0. The highest BCUT2D eigenvalue weighted by molar-refractivity contribution is 8.31. The number of hydrogen-bond donors (Lipinski definition) is 0. The highest BCUT2D eigenvalue weighted by atomic mass is 32.3. The van der Waals surface area contributed by atoms with E-state index in [1.54, 1.807) is 6.07 Å². The van der Waals surface area contributed by atoms with Crippen molar-refractivity contribution in [1.29, 1.82) is 0 Å². The molecule has 0 spiro atoms. The normalized spacial score (nSPS) is 19.2. The van der Waals surface area contributed by atoms with Crippen molar-refractivity contribution in [2.45, 2.75) is 113 Å². The molecule has 0 bridgehead atoms. The Labute approximate surface area is 200 Å². The summed E-state index contributed by atoms with van der Waals surface area (Å²) in [5, 5.41) is -0.814. The predicted molar refractivity (Wildman–Crippen MR) is 133 cm³/mol. The second kappa shape index (κ2) is 14.0. The van der Waals surface area contributed by atoms with Gasteiger partial charge in [0.15, 0.2) is 0 Å². The van der Waals surface area contributed by atoms with Crippen LogP contribution in [0.5, 0.6) is 0 Å². The Morgan fingerprint density at radius 1 is 0.818 bits per heavy atom. The van der Waals surface area contributed by atoms with Gasteiger partial charge in [0.05, 0.1) is 10.1 Å². The molecule has 8 heteroatoms. The summed E-state index contributed by atoms with van der Waals surface area (Å²) in [6.45, 7) is 2.24. The molecule has 1 aliphatic rings. The predicted octanol–water partition coefficient (Wildman–Crippen LogP) is 6.33. The van der Waals surface area contributed by atoms with Gasteiger partial charge in [0, 0.05) is 0 Å². The van der Waals surface area contributed by atoms with Gasteiger partial charge in [-0.15, -0.1) is 4.79 Å². The fraction of sp³-hybridized carbons (Fsp3) is 0.720. The third-order valence-corrected chi connectivity index (χ3v) is 11.5. The molecule has 33 heavy (non-hydrogen) atoms. The van der Waals surface area contributed by atoms with Crippen LogP contribution in [-0.2, 0) is 19.7 Å². The zero-order chi connectivity index (χ0) is 24.2.